The Morgan fingerprint density at radius 1 is 1.18 bits per heavy atom. The molecule has 1 amide bonds. The average Bonchev–Trinajstić information content (AvgIpc) is 3.22. The van der Waals surface area contributed by atoms with E-state index in [1.54, 1.807) is 24.3 Å². The lowest BCUT2D eigenvalue weighted by atomic mass is 10.0. The number of carbonyl (C=O) groups is 1. The Balaban J connectivity index is 1.84. The molecule has 4 aromatic rings. The van der Waals surface area contributed by atoms with Crippen LogP contribution in [0.5, 0.6) is 0 Å². The second-order valence-corrected chi connectivity index (χ2v) is 6.73. The highest BCUT2D eigenvalue weighted by molar-refractivity contribution is 6.07. The third-order valence-corrected chi connectivity index (χ3v) is 4.88. The quantitative estimate of drug-likeness (QED) is 0.546. The van der Waals surface area contributed by atoms with Crippen LogP contribution in [0.3, 0.4) is 0 Å². The number of hydrogen-bond donors (Lipinski definition) is 0. The molecule has 0 radical (unpaired) electrons. The predicted molar refractivity (Wildman–Crippen MR) is 109 cm³/mol. The fourth-order valence-electron chi connectivity index (χ4n) is 3.16. The molecule has 0 aliphatic heterocycles. The monoisotopic (exact) mass is 371 g/mol. The van der Waals surface area contributed by atoms with Gasteiger partial charge in [0.1, 0.15) is 0 Å². The SMILES string of the molecule is CCN(C)C(=O)c1cc(-c2cnn(-c3ccncc3C)c2)nc2ccccc12. The number of nitrogens with zero attached hydrogens (tertiary/aromatic N) is 5. The normalized spacial score (nSPS) is 11.0. The zero-order valence-electron chi connectivity index (χ0n) is 16.1. The van der Waals surface area contributed by atoms with Gasteiger partial charge in [-0.05, 0) is 37.6 Å². The Bertz CT molecular complexity index is 1160. The molecule has 0 fully saturated rings. The number of aromatic nitrogens is 4. The Labute approximate surface area is 163 Å². The first kappa shape index (κ1) is 17.9. The lowest BCUT2D eigenvalue weighted by Crippen LogP contribution is -2.26. The maximum atomic E-state index is 12.9. The van der Waals surface area contributed by atoms with Gasteiger partial charge in [0.25, 0.3) is 5.91 Å². The molecule has 0 aliphatic carbocycles. The Kier molecular flexibility index (Phi) is 4.61. The minimum absolute atomic E-state index is 0.0141. The van der Waals surface area contributed by atoms with Gasteiger partial charge < -0.3 is 4.90 Å². The van der Waals surface area contributed by atoms with Crippen molar-refractivity contribution in [3.05, 3.63) is 72.3 Å². The Hall–Kier alpha value is -3.54. The highest BCUT2D eigenvalue weighted by atomic mass is 16.2. The van der Waals surface area contributed by atoms with Gasteiger partial charge in [-0.25, -0.2) is 9.67 Å². The Morgan fingerprint density at radius 2 is 2.00 bits per heavy atom. The molecular weight excluding hydrogens is 350 g/mol. The molecular formula is C22H21N5O. The lowest BCUT2D eigenvalue weighted by molar-refractivity contribution is 0.0804. The third kappa shape index (κ3) is 3.13. The van der Waals surface area contributed by atoms with Crippen LogP contribution in [0.4, 0.5) is 0 Å². The predicted octanol–water partition coefficient (Wildman–Crippen LogP) is 3.88. The molecule has 0 atom stereocenters. The zero-order valence-corrected chi connectivity index (χ0v) is 16.1. The molecule has 0 saturated heterocycles. The molecule has 28 heavy (non-hydrogen) atoms. The van der Waals surface area contributed by atoms with Crippen LogP contribution in [0.2, 0.25) is 0 Å². The summed E-state index contributed by atoms with van der Waals surface area (Å²) in [6.45, 7) is 4.60. The molecule has 3 heterocycles. The maximum absolute atomic E-state index is 12.9. The third-order valence-electron chi connectivity index (χ3n) is 4.88. The maximum Gasteiger partial charge on any atom is 0.254 e. The second kappa shape index (κ2) is 7.23. The largest absolute Gasteiger partial charge is 0.342 e. The van der Waals surface area contributed by atoms with E-state index in [0.29, 0.717) is 12.1 Å². The van der Waals surface area contributed by atoms with Crippen molar-refractivity contribution < 1.29 is 4.79 Å². The van der Waals surface area contributed by atoms with E-state index in [1.807, 2.05) is 67.3 Å². The van der Waals surface area contributed by atoms with Gasteiger partial charge >= 0.3 is 0 Å². The second-order valence-electron chi connectivity index (χ2n) is 6.73. The van der Waals surface area contributed by atoms with Crippen LogP contribution >= 0.6 is 0 Å². The van der Waals surface area contributed by atoms with Crippen molar-refractivity contribution in [2.24, 2.45) is 0 Å². The lowest BCUT2D eigenvalue weighted by Gasteiger charge is -2.16. The van der Waals surface area contributed by atoms with Crippen molar-refractivity contribution in [1.82, 2.24) is 24.6 Å². The molecule has 0 bridgehead atoms. The molecule has 140 valence electrons. The number of amides is 1. The number of aryl methyl sites for hydroxylation is 1. The van der Waals surface area contributed by atoms with Crippen LogP contribution < -0.4 is 0 Å². The summed E-state index contributed by atoms with van der Waals surface area (Å²) in [5, 5.41) is 5.34. The molecule has 3 aromatic heterocycles. The van der Waals surface area contributed by atoms with Crippen molar-refractivity contribution in [3.63, 3.8) is 0 Å². The number of rotatable bonds is 4. The average molecular weight is 371 g/mol. The fourth-order valence-corrected chi connectivity index (χ4v) is 3.16. The minimum Gasteiger partial charge on any atom is -0.342 e. The number of hydrogen-bond acceptors (Lipinski definition) is 4. The highest BCUT2D eigenvalue weighted by Gasteiger charge is 2.17. The summed E-state index contributed by atoms with van der Waals surface area (Å²) in [5.41, 5.74) is 5.02. The molecule has 0 aliphatic rings. The van der Waals surface area contributed by atoms with E-state index in [1.165, 1.54) is 0 Å². The highest BCUT2D eigenvalue weighted by Crippen LogP contribution is 2.26. The van der Waals surface area contributed by atoms with E-state index < -0.39 is 0 Å². The summed E-state index contributed by atoms with van der Waals surface area (Å²) < 4.78 is 1.81. The molecule has 0 unspecified atom stereocenters. The molecule has 4 rings (SSSR count). The summed E-state index contributed by atoms with van der Waals surface area (Å²) in [6, 6.07) is 11.5. The van der Waals surface area contributed by atoms with Crippen molar-refractivity contribution in [1.29, 1.82) is 0 Å². The van der Waals surface area contributed by atoms with E-state index in [-0.39, 0.29) is 5.91 Å². The minimum atomic E-state index is -0.0141. The van der Waals surface area contributed by atoms with Crippen LogP contribution in [0.1, 0.15) is 22.8 Å². The topological polar surface area (TPSA) is 63.9 Å². The fraction of sp³-hybridized carbons (Fsp3) is 0.182. The van der Waals surface area contributed by atoms with Gasteiger partial charge in [0.2, 0.25) is 0 Å². The summed E-state index contributed by atoms with van der Waals surface area (Å²) >= 11 is 0. The van der Waals surface area contributed by atoms with Gasteiger partial charge in [-0.15, -0.1) is 0 Å². The molecule has 0 N–H and O–H groups in total. The van der Waals surface area contributed by atoms with Gasteiger partial charge in [-0.3, -0.25) is 9.78 Å². The van der Waals surface area contributed by atoms with Crippen LogP contribution in [0, 0.1) is 6.92 Å². The van der Waals surface area contributed by atoms with Gasteiger partial charge in [0.15, 0.2) is 0 Å². The summed E-state index contributed by atoms with van der Waals surface area (Å²) in [5.74, 6) is -0.0141. The first-order chi connectivity index (χ1) is 13.6. The first-order valence-electron chi connectivity index (χ1n) is 9.19. The van der Waals surface area contributed by atoms with Crippen molar-refractivity contribution in [2.45, 2.75) is 13.8 Å². The van der Waals surface area contributed by atoms with Crippen molar-refractivity contribution in [3.8, 4) is 16.9 Å². The van der Waals surface area contributed by atoms with E-state index in [0.717, 1.165) is 33.4 Å². The number of pyridine rings is 2. The molecule has 0 spiro atoms. The van der Waals surface area contributed by atoms with Crippen molar-refractivity contribution >= 4 is 16.8 Å². The molecule has 6 heteroatoms. The van der Waals surface area contributed by atoms with E-state index in [9.17, 15) is 4.79 Å². The summed E-state index contributed by atoms with van der Waals surface area (Å²) in [7, 11) is 1.81. The van der Waals surface area contributed by atoms with Gasteiger partial charge in [0, 0.05) is 43.1 Å². The van der Waals surface area contributed by atoms with Crippen molar-refractivity contribution in [2.75, 3.05) is 13.6 Å². The van der Waals surface area contributed by atoms with E-state index >= 15 is 0 Å². The number of benzene rings is 1. The van der Waals surface area contributed by atoms with Crippen LogP contribution in [0.25, 0.3) is 27.8 Å². The standard InChI is InChI=1S/C22H21N5O/c1-4-26(3)22(28)18-11-20(25-19-8-6-5-7-17(18)19)16-13-24-27(14-16)21-9-10-23-12-15(21)2/h5-14H,4H2,1-3H3. The molecule has 1 aromatic carbocycles. The van der Waals surface area contributed by atoms with Gasteiger partial charge in [0.05, 0.1) is 28.7 Å². The summed E-state index contributed by atoms with van der Waals surface area (Å²) in [6.07, 6.45) is 7.25. The van der Waals surface area contributed by atoms with E-state index in [4.69, 9.17) is 4.98 Å². The molecule has 0 saturated carbocycles. The van der Waals surface area contributed by atoms with Gasteiger partial charge in [-0.1, -0.05) is 18.2 Å². The zero-order chi connectivity index (χ0) is 19.7. The smallest absolute Gasteiger partial charge is 0.254 e. The number of fused-ring (bicyclic) bond motifs is 1. The Morgan fingerprint density at radius 3 is 2.79 bits per heavy atom. The molecule has 6 nitrogen and oxygen atoms in total. The van der Waals surface area contributed by atoms with Crippen LogP contribution in [-0.2, 0) is 0 Å². The van der Waals surface area contributed by atoms with Crippen LogP contribution in [-0.4, -0.2) is 44.1 Å². The van der Waals surface area contributed by atoms with Crippen LogP contribution in [0.15, 0.2) is 61.2 Å². The first-order valence-corrected chi connectivity index (χ1v) is 9.19. The number of para-hydroxylation sites is 1. The van der Waals surface area contributed by atoms with Gasteiger partial charge in [-0.2, -0.15) is 5.10 Å². The summed E-state index contributed by atoms with van der Waals surface area (Å²) in [4.78, 5) is 23.5. The number of carbonyl (C=O) groups excluding carboxylic acids is 1. The van der Waals surface area contributed by atoms with E-state index in [2.05, 4.69) is 10.1 Å².